The average molecular weight is 387 g/mol. The molecule has 2 aromatic carbocycles. The van der Waals surface area contributed by atoms with Crippen LogP contribution in [-0.4, -0.2) is 27.5 Å². The van der Waals surface area contributed by atoms with E-state index in [2.05, 4.69) is 9.46 Å². The SMILES string of the molecule is COC(=O)C(Cc1ccccc1)NS(=O)(=O)c1cccc(C(F)(F)F)c1. The van der Waals surface area contributed by atoms with E-state index in [0.29, 0.717) is 11.6 Å². The molecule has 1 unspecified atom stereocenters. The molecule has 0 amide bonds. The summed E-state index contributed by atoms with van der Waals surface area (Å²) in [6.45, 7) is 0. The summed E-state index contributed by atoms with van der Waals surface area (Å²) in [6.07, 6.45) is -4.69. The standard InChI is InChI=1S/C17H16F3NO4S/c1-25-16(22)15(10-12-6-3-2-4-7-12)21-26(23,24)14-9-5-8-13(11-14)17(18,19)20/h2-9,11,15,21H,10H2,1H3. The van der Waals surface area contributed by atoms with Gasteiger partial charge in [0, 0.05) is 0 Å². The van der Waals surface area contributed by atoms with Crippen LogP contribution in [-0.2, 0) is 32.2 Å². The third kappa shape index (κ3) is 5.06. The lowest BCUT2D eigenvalue weighted by Gasteiger charge is -2.17. The Bertz CT molecular complexity index is 867. The van der Waals surface area contributed by atoms with Gasteiger partial charge in [0.15, 0.2) is 0 Å². The molecule has 0 radical (unpaired) electrons. The molecule has 0 saturated carbocycles. The van der Waals surface area contributed by atoms with Crippen molar-refractivity contribution in [1.82, 2.24) is 4.72 Å². The molecule has 2 aromatic rings. The largest absolute Gasteiger partial charge is 0.468 e. The second-order valence-electron chi connectivity index (χ2n) is 5.41. The number of nitrogens with one attached hydrogen (secondary N) is 1. The fourth-order valence-electron chi connectivity index (χ4n) is 2.26. The Hall–Kier alpha value is -2.39. The number of halogens is 3. The Kier molecular flexibility index (Phi) is 6.04. The fraction of sp³-hybridized carbons (Fsp3) is 0.235. The molecule has 0 saturated heterocycles. The summed E-state index contributed by atoms with van der Waals surface area (Å²) in [5.41, 5.74) is -0.437. The number of hydrogen-bond acceptors (Lipinski definition) is 4. The fourth-order valence-corrected chi connectivity index (χ4v) is 3.49. The third-order valence-electron chi connectivity index (χ3n) is 3.54. The molecule has 5 nitrogen and oxygen atoms in total. The van der Waals surface area contributed by atoms with Crippen LogP contribution >= 0.6 is 0 Å². The first-order chi connectivity index (χ1) is 12.1. The predicted octanol–water partition coefficient (Wildman–Crippen LogP) is 2.77. The van der Waals surface area contributed by atoms with Gasteiger partial charge in [-0.05, 0) is 30.2 Å². The molecule has 140 valence electrons. The minimum atomic E-state index is -4.68. The third-order valence-corrected chi connectivity index (χ3v) is 5.01. The number of rotatable bonds is 6. The van der Waals surface area contributed by atoms with Crippen LogP contribution in [0.1, 0.15) is 11.1 Å². The maximum atomic E-state index is 12.8. The number of carbonyl (C=O) groups excluding carboxylic acids is 1. The van der Waals surface area contributed by atoms with E-state index in [-0.39, 0.29) is 6.42 Å². The maximum Gasteiger partial charge on any atom is 0.416 e. The van der Waals surface area contributed by atoms with Crippen LogP contribution in [0.4, 0.5) is 13.2 Å². The number of alkyl halides is 3. The Morgan fingerprint density at radius 1 is 1.12 bits per heavy atom. The van der Waals surface area contributed by atoms with Crippen LogP contribution in [0.15, 0.2) is 59.5 Å². The number of carbonyl (C=O) groups is 1. The van der Waals surface area contributed by atoms with Gasteiger partial charge in [-0.2, -0.15) is 17.9 Å². The quantitative estimate of drug-likeness (QED) is 0.774. The van der Waals surface area contributed by atoms with Crippen molar-refractivity contribution in [1.29, 1.82) is 0 Å². The summed E-state index contributed by atoms with van der Waals surface area (Å²) in [5, 5.41) is 0. The highest BCUT2D eigenvalue weighted by Crippen LogP contribution is 2.30. The van der Waals surface area contributed by atoms with Gasteiger partial charge in [0.05, 0.1) is 17.6 Å². The van der Waals surface area contributed by atoms with Crippen molar-refractivity contribution in [2.24, 2.45) is 0 Å². The Balaban J connectivity index is 2.30. The first-order valence-corrected chi connectivity index (χ1v) is 8.93. The molecule has 0 bridgehead atoms. The van der Waals surface area contributed by atoms with E-state index < -0.39 is 38.7 Å². The van der Waals surface area contributed by atoms with Gasteiger partial charge in [-0.25, -0.2) is 8.42 Å². The summed E-state index contributed by atoms with van der Waals surface area (Å²) < 4.78 is 70.0. The summed E-state index contributed by atoms with van der Waals surface area (Å²) >= 11 is 0. The molecule has 1 atom stereocenters. The molecule has 0 aromatic heterocycles. The van der Waals surface area contributed by atoms with Crippen molar-refractivity contribution >= 4 is 16.0 Å². The van der Waals surface area contributed by atoms with E-state index in [1.807, 2.05) is 0 Å². The smallest absolute Gasteiger partial charge is 0.416 e. The van der Waals surface area contributed by atoms with Crippen LogP contribution < -0.4 is 4.72 Å². The second-order valence-corrected chi connectivity index (χ2v) is 7.13. The normalized spacial score (nSPS) is 13.2. The van der Waals surface area contributed by atoms with E-state index in [4.69, 9.17) is 0 Å². The molecule has 0 spiro atoms. The Labute approximate surface area is 148 Å². The van der Waals surface area contributed by atoms with Crippen LogP contribution in [0, 0.1) is 0 Å². The predicted molar refractivity (Wildman–Crippen MR) is 87.7 cm³/mol. The Morgan fingerprint density at radius 3 is 2.35 bits per heavy atom. The Morgan fingerprint density at radius 2 is 1.77 bits per heavy atom. The summed E-state index contributed by atoms with van der Waals surface area (Å²) in [7, 11) is -3.27. The minimum Gasteiger partial charge on any atom is -0.468 e. The number of esters is 1. The first-order valence-electron chi connectivity index (χ1n) is 7.45. The maximum absolute atomic E-state index is 12.8. The summed E-state index contributed by atoms with van der Waals surface area (Å²) in [5.74, 6) is -0.843. The number of methoxy groups -OCH3 is 1. The second kappa shape index (κ2) is 7.88. The molecule has 0 aliphatic carbocycles. The van der Waals surface area contributed by atoms with Crippen molar-refractivity contribution in [3.8, 4) is 0 Å². The van der Waals surface area contributed by atoms with Crippen molar-refractivity contribution in [2.75, 3.05) is 7.11 Å². The molecule has 2 rings (SSSR count). The van der Waals surface area contributed by atoms with Crippen LogP contribution in [0.25, 0.3) is 0 Å². The average Bonchev–Trinajstić information content (AvgIpc) is 2.60. The van der Waals surface area contributed by atoms with Crippen molar-refractivity contribution in [3.05, 3.63) is 65.7 Å². The van der Waals surface area contributed by atoms with Crippen molar-refractivity contribution in [2.45, 2.75) is 23.5 Å². The zero-order valence-corrected chi connectivity index (χ0v) is 14.5. The van der Waals surface area contributed by atoms with E-state index in [9.17, 15) is 26.4 Å². The number of benzene rings is 2. The first kappa shape index (κ1) is 19.9. The van der Waals surface area contributed by atoms with E-state index in [0.717, 1.165) is 25.3 Å². The van der Waals surface area contributed by atoms with Gasteiger partial charge in [-0.1, -0.05) is 36.4 Å². The summed E-state index contributed by atoms with van der Waals surface area (Å²) in [4.78, 5) is 11.3. The number of sulfonamides is 1. The zero-order chi connectivity index (χ0) is 19.4. The molecule has 1 N–H and O–H groups in total. The number of hydrogen-bond donors (Lipinski definition) is 1. The molecule has 0 aliphatic rings. The molecular formula is C17H16F3NO4S. The lowest BCUT2D eigenvalue weighted by molar-refractivity contribution is -0.142. The van der Waals surface area contributed by atoms with Gasteiger partial charge in [0.25, 0.3) is 0 Å². The molecule has 26 heavy (non-hydrogen) atoms. The van der Waals surface area contributed by atoms with Crippen LogP contribution in [0.5, 0.6) is 0 Å². The molecule has 0 fully saturated rings. The van der Waals surface area contributed by atoms with E-state index in [1.165, 1.54) is 0 Å². The minimum absolute atomic E-state index is 0.00823. The lowest BCUT2D eigenvalue weighted by Crippen LogP contribution is -2.43. The highest BCUT2D eigenvalue weighted by atomic mass is 32.2. The van der Waals surface area contributed by atoms with Gasteiger partial charge in [0.2, 0.25) is 10.0 Å². The van der Waals surface area contributed by atoms with E-state index >= 15 is 0 Å². The van der Waals surface area contributed by atoms with Crippen molar-refractivity contribution in [3.63, 3.8) is 0 Å². The highest BCUT2D eigenvalue weighted by molar-refractivity contribution is 7.89. The van der Waals surface area contributed by atoms with Crippen LogP contribution in [0.3, 0.4) is 0 Å². The highest BCUT2D eigenvalue weighted by Gasteiger charge is 2.33. The van der Waals surface area contributed by atoms with Crippen molar-refractivity contribution < 1.29 is 31.1 Å². The van der Waals surface area contributed by atoms with Gasteiger partial charge >= 0.3 is 12.1 Å². The molecule has 9 heteroatoms. The van der Waals surface area contributed by atoms with Gasteiger partial charge in [0.1, 0.15) is 6.04 Å². The van der Waals surface area contributed by atoms with Gasteiger partial charge in [-0.15, -0.1) is 0 Å². The molecule has 0 aliphatic heterocycles. The molecule has 0 heterocycles. The topological polar surface area (TPSA) is 72.5 Å². The summed E-state index contributed by atoms with van der Waals surface area (Å²) in [6, 6.07) is 10.6. The van der Waals surface area contributed by atoms with Gasteiger partial charge < -0.3 is 4.74 Å². The van der Waals surface area contributed by atoms with Crippen LogP contribution in [0.2, 0.25) is 0 Å². The zero-order valence-electron chi connectivity index (χ0n) is 13.7. The molecular weight excluding hydrogens is 371 g/mol. The van der Waals surface area contributed by atoms with Gasteiger partial charge in [-0.3, -0.25) is 4.79 Å². The number of ether oxygens (including phenoxy) is 1. The monoisotopic (exact) mass is 387 g/mol. The van der Waals surface area contributed by atoms with E-state index in [1.54, 1.807) is 30.3 Å². The lowest BCUT2D eigenvalue weighted by atomic mass is 10.1.